The largest absolute Gasteiger partial charge is 0.462 e. The molecule has 0 saturated carbocycles. The third kappa shape index (κ3) is 6.30. The number of carbonyl (C=O) groups is 2. The van der Waals surface area contributed by atoms with Crippen molar-refractivity contribution in [3.05, 3.63) is 59.7 Å². The number of benzene rings is 2. The van der Waals surface area contributed by atoms with E-state index in [0.29, 0.717) is 29.5 Å². The van der Waals surface area contributed by atoms with Crippen LogP contribution in [-0.4, -0.2) is 18.6 Å². The van der Waals surface area contributed by atoms with Crippen LogP contribution in [0.25, 0.3) is 0 Å². The van der Waals surface area contributed by atoms with E-state index in [1.54, 1.807) is 24.3 Å². The molecular weight excluding hydrogens is 316 g/mol. The van der Waals surface area contributed by atoms with Crippen molar-refractivity contribution in [3.8, 4) is 0 Å². The van der Waals surface area contributed by atoms with Gasteiger partial charge in [0.1, 0.15) is 0 Å². The number of amides is 2. The van der Waals surface area contributed by atoms with Crippen LogP contribution < -0.4 is 10.6 Å². The molecule has 2 amide bonds. The van der Waals surface area contributed by atoms with Gasteiger partial charge in [-0.25, -0.2) is 9.59 Å². The van der Waals surface area contributed by atoms with E-state index in [0.717, 1.165) is 12.0 Å². The van der Waals surface area contributed by atoms with Crippen LogP contribution in [0.1, 0.15) is 36.2 Å². The fourth-order valence-electron chi connectivity index (χ4n) is 2.09. The Kier molecular flexibility index (Phi) is 6.57. The number of urea groups is 1. The first-order valence-corrected chi connectivity index (χ1v) is 8.36. The number of anilines is 2. The molecular formula is C20H24N2O3. The SMILES string of the molecule is Cc1ccc(NC(=O)Nc2ccc(C(=O)OCCC(C)C)cc2)cc1. The molecule has 0 spiro atoms. The number of hydrogen-bond donors (Lipinski definition) is 2. The van der Waals surface area contributed by atoms with Crippen molar-refractivity contribution < 1.29 is 14.3 Å². The van der Waals surface area contributed by atoms with Crippen LogP contribution in [0.15, 0.2) is 48.5 Å². The van der Waals surface area contributed by atoms with Crippen molar-refractivity contribution in [2.24, 2.45) is 5.92 Å². The quantitative estimate of drug-likeness (QED) is 0.739. The third-order valence-corrected chi connectivity index (χ3v) is 3.62. The molecule has 2 N–H and O–H groups in total. The Hall–Kier alpha value is -2.82. The lowest BCUT2D eigenvalue weighted by atomic mass is 10.1. The van der Waals surface area contributed by atoms with Gasteiger partial charge in [0.25, 0.3) is 0 Å². The summed E-state index contributed by atoms with van der Waals surface area (Å²) in [5.74, 6) is 0.141. The van der Waals surface area contributed by atoms with Crippen LogP contribution in [0.5, 0.6) is 0 Å². The highest BCUT2D eigenvalue weighted by Gasteiger charge is 2.08. The third-order valence-electron chi connectivity index (χ3n) is 3.62. The standard InChI is InChI=1S/C20H24N2O3/c1-14(2)12-13-25-19(23)16-6-10-18(11-7-16)22-20(24)21-17-8-4-15(3)5-9-17/h4-11,14H,12-13H2,1-3H3,(H2,21,22,24). The molecule has 0 aromatic heterocycles. The summed E-state index contributed by atoms with van der Waals surface area (Å²) in [4.78, 5) is 23.9. The lowest BCUT2D eigenvalue weighted by Gasteiger charge is -2.09. The molecule has 0 bridgehead atoms. The zero-order valence-electron chi connectivity index (χ0n) is 14.8. The average Bonchev–Trinajstić information content (AvgIpc) is 2.57. The molecule has 5 nitrogen and oxygen atoms in total. The van der Waals surface area contributed by atoms with Gasteiger partial charge in [0.15, 0.2) is 0 Å². The topological polar surface area (TPSA) is 67.4 Å². The summed E-state index contributed by atoms with van der Waals surface area (Å²) in [5, 5.41) is 5.48. The molecule has 2 rings (SSSR count). The van der Waals surface area contributed by atoms with E-state index in [1.807, 2.05) is 31.2 Å². The minimum absolute atomic E-state index is 0.337. The van der Waals surface area contributed by atoms with Crippen molar-refractivity contribution in [2.75, 3.05) is 17.2 Å². The van der Waals surface area contributed by atoms with Gasteiger partial charge in [-0.1, -0.05) is 31.5 Å². The van der Waals surface area contributed by atoms with Crippen molar-refractivity contribution in [3.63, 3.8) is 0 Å². The smallest absolute Gasteiger partial charge is 0.338 e. The lowest BCUT2D eigenvalue weighted by Crippen LogP contribution is -2.19. The molecule has 0 fully saturated rings. The second-order valence-electron chi connectivity index (χ2n) is 6.34. The molecule has 0 aliphatic carbocycles. The summed E-state index contributed by atoms with van der Waals surface area (Å²) in [6.07, 6.45) is 0.838. The first-order chi connectivity index (χ1) is 11.9. The lowest BCUT2D eigenvalue weighted by molar-refractivity contribution is 0.0488. The van der Waals surface area contributed by atoms with Crippen molar-refractivity contribution >= 4 is 23.4 Å². The fraction of sp³-hybridized carbons (Fsp3) is 0.300. The van der Waals surface area contributed by atoms with Crippen LogP contribution in [-0.2, 0) is 4.74 Å². The normalized spacial score (nSPS) is 10.4. The highest BCUT2D eigenvalue weighted by molar-refractivity contribution is 6.00. The molecule has 0 radical (unpaired) electrons. The molecule has 2 aromatic rings. The Morgan fingerprint density at radius 2 is 1.44 bits per heavy atom. The van der Waals surface area contributed by atoms with E-state index < -0.39 is 0 Å². The Morgan fingerprint density at radius 3 is 1.96 bits per heavy atom. The monoisotopic (exact) mass is 340 g/mol. The molecule has 132 valence electrons. The average molecular weight is 340 g/mol. The van der Waals surface area contributed by atoms with Gasteiger partial charge in [-0.2, -0.15) is 0 Å². The van der Waals surface area contributed by atoms with E-state index in [9.17, 15) is 9.59 Å². The van der Waals surface area contributed by atoms with Gasteiger partial charge in [0, 0.05) is 11.4 Å². The van der Waals surface area contributed by atoms with Crippen molar-refractivity contribution in [1.82, 2.24) is 0 Å². The van der Waals surface area contributed by atoms with E-state index >= 15 is 0 Å². The van der Waals surface area contributed by atoms with Gasteiger partial charge in [-0.3, -0.25) is 0 Å². The van der Waals surface area contributed by atoms with Gasteiger partial charge in [-0.15, -0.1) is 0 Å². The van der Waals surface area contributed by atoms with Crippen LogP contribution >= 0.6 is 0 Å². The first-order valence-electron chi connectivity index (χ1n) is 8.36. The Balaban J connectivity index is 1.85. The predicted octanol–water partition coefficient (Wildman–Crippen LogP) is 4.84. The molecule has 5 heteroatoms. The van der Waals surface area contributed by atoms with Crippen molar-refractivity contribution in [2.45, 2.75) is 27.2 Å². The van der Waals surface area contributed by atoms with Gasteiger partial charge in [0.05, 0.1) is 12.2 Å². The molecule has 0 saturated heterocycles. The van der Waals surface area contributed by atoms with Crippen molar-refractivity contribution in [1.29, 1.82) is 0 Å². The van der Waals surface area contributed by atoms with Crippen LogP contribution in [0.2, 0.25) is 0 Å². The van der Waals surface area contributed by atoms with Gasteiger partial charge < -0.3 is 15.4 Å². The Labute approximate surface area is 148 Å². The van der Waals surface area contributed by atoms with Crippen LogP contribution in [0.3, 0.4) is 0 Å². The van der Waals surface area contributed by atoms with E-state index in [2.05, 4.69) is 24.5 Å². The number of esters is 1. The minimum Gasteiger partial charge on any atom is -0.462 e. The molecule has 0 atom stereocenters. The zero-order valence-corrected chi connectivity index (χ0v) is 14.8. The predicted molar refractivity (Wildman–Crippen MR) is 100.0 cm³/mol. The molecule has 25 heavy (non-hydrogen) atoms. The first kappa shape index (κ1) is 18.5. The Bertz CT molecular complexity index is 707. The molecule has 0 aliphatic heterocycles. The highest BCUT2D eigenvalue weighted by atomic mass is 16.5. The maximum Gasteiger partial charge on any atom is 0.338 e. The van der Waals surface area contributed by atoms with Crippen LogP contribution in [0.4, 0.5) is 16.2 Å². The second kappa shape index (κ2) is 8.87. The highest BCUT2D eigenvalue weighted by Crippen LogP contribution is 2.13. The zero-order chi connectivity index (χ0) is 18.2. The number of hydrogen-bond acceptors (Lipinski definition) is 3. The molecule has 0 aliphatic rings. The van der Waals surface area contributed by atoms with E-state index in [1.165, 1.54) is 0 Å². The molecule has 0 heterocycles. The Morgan fingerprint density at radius 1 is 0.920 bits per heavy atom. The number of rotatable bonds is 6. The second-order valence-corrected chi connectivity index (χ2v) is 6.34. The number of ether oxygens (including phenoxy) is 1. The molecule has 0 unspecified atom stereocenters. The maximum atomic E-state index is 12.0. The van der Waals surface area contributed by atoms with Gasteiger partial charge in [0.2, 0.25) is 0 Å². The van der Waals surface area contributed by atoms with Gasteiger partial charge >= 0.3 is 12.0 Å². The summed E-state index contributed by atoms with van der Waals surface area (Å²) in [5.41, 5.74) is 2.91. The number of carbonyl (C=O) groups excluding carboxylic acids is 2. The minimum atomic E-state index is -0.351. The van der Waals surface area contributed by atoms with Gasteiger partial charge in [-0.05, 0) is 55.7 Å². The van der Waals surface area contributed by atoms with Crippen LogP contribution in [0, 0.1) is 12.8 Å². The van der Waals surface area contributed by atoms with E-state index in [-0.39, 0.29) is 12.0 Å². The number of nitrogens with one attached hydrogen (secondary N) is 2. The maximum absolute atomic E-state index is 12.0. The summed E-state index contributed by atoms with van der Waals surface area (Å²) in [6, 6.07) is 13.8. The summed E-state index contributed by atoms with van der Waals surface area (Å²) in [6.45, 7) is 6.56. The van der Waals surface area contributed by atoms with E-state index in [4.69, 9.17) is 4.74 Å². The fourth-order valence-corrected chi connectivity index (χ4v) is 2.09. The summed E-state index contributed by atoms with van der Waals surface area (Å²) >= 11 is 0. The summed E-state index contributed by atoms with van der Waals surface area (Å²) in [7, 11) is 0. The molecule has 2 aromatic carbocycles. The summed E-state index contributed by atoms with van der Waals surface area (Å²) < 4.78 is 5.21. The number of aryl methyl sites for hydroxylation is 1.